The third-order valence-corrected chi connectivity index (χ3v) is 4.33. The molecular weight excluding hydrogens is 272 g/mol. The van der Waals surface area contributed by atoms with E-state index >= 15 is 0 Å². The van der Waals surface area contributed by atoms with Crippen molar-refractivity contribution in [3.63, 3.8) is 0 Å². The van der Waals surface area contributed by atoms with E-state index in [2.05, 4.69) is 42.2 Å². The minimum absolute atomic E-state index is 0.379. The third kappa shape index (κ3) is 3.59. The number of nitrogens with zero attached hydrogens (tertiary/aromatic N) is 1. The van der Waals surface area contributed by atoms with Gasteiger partial charge in [0.05, 0.1) is 11.8 Å². The highest BCUT2D eigenvalue weighted by atomic mass is 16.5. The van der Waals surface area contributed by atoms with Crippen LogP contribution in [0.3, 0.4) is 0 Å². The van der Waals surface area contributed by atoms with E-state index in [0.717, 1.165) is 22.7 Å². The van der Waals surface area contributed by atoms with Crippen molar-refractivity contribution in [2.24, 2.45) is 5.10 Å². The Morgan fingerprint density at radius 2 is 1.91 bits per heavy atom. The summed E-state index contributed by atoms with van der Waals surface area (Å²) in [5.41, 5.74) is 6.92. The van der Waals surface area contributed by atoms with E-state index in [-0.39, 0.29) is 0 Å². The van der Waals surface area contributed by atoms with Gasteiger partial charge in [-0.1, -0.05) is 19.4 Å². The number of hydrazone groups is 1. The van der Waals surface area contributed by atoms with Crippen molar-refractivity contribution in [3.05, 3.63) is 53.8 Å². The standard InChI is InChI=1S/C19H24N2O/c1-14-13-16(18-11-9-15(2)20-21-18)10-12-19(14)22-17-7-5-3-4-6-8-17/h9-13,17,20H,2-8H2,1H3. The van der Waals surface area contributed by atoms with Crippen LogP contribution in [0.1, 0.15) is 49.7 Å². The van der Waals surface area contributed by atoms with Crippen LogP contribution in [-0.2, 0) is 0 Å². The van der Waals surface area contributed by atoms with Gasteiger partial charge in [-0.2, -0.15) is 5.10 Å². The van der Waals surface area contributed by atoms with Crippen molar-refractivity contribution in [2.75, 3.05) is 0 Å². The van der Waals surface area contributed by atoms with Crippen molar-refractivity contribution in [1.29, 1.82) is 0 Å². The zero-order valence-corrected chi connectivity index (χ0v) is 13.3. The average molecular weight is 296 g/mol. The molecule has 1 fully saturated rings. The van der Waals surface area contributed by atoms with Crippen LogP contribution in [0.25, 0.3) is 0 Å². The van der Waals surface area contributed by atoms with Crippen molar-refractivity contribution >= 4 is 5.71 Å². The summed E-state index contributed by atoms with van der Waals surface area (Å²) in [4.78, 5) is 0. The van der Waals surface area contributed by atoms with Crippen LogP contribution < -0.4 is 10.2 Å². The summed E-state index contributed by atoms with van der Waals surface area (Å²) in [6, 6.07) is 6.30. The molecule has 22 heavy (non-hydrogen) atoms. The molecule has 1 aromatic carbocycles. The van der Waals surface area contributed by atoms with E-state index in [9.17, 15) is 0 Å². The molecule has 0 aromatic heterocycles. The Hall–Kier alpha value is -2.03. The molecule has 1 N–H and O–H groups in total. The molecule has 2 aliphatic rings. The number of rotatable bonds is 3. The van der Waals surface area contributed by atoms with Gasteiger partial charge in [0.15, 0.2) is 0 Å². The van der Waals surface area contributed by atoms with Crippen LogP contribution >= 0.6 is 0 Å². The van der Waals surface area contributed by atoms with Gasteiger partial charge in [-0.15, -0.1) is 0 Å². The molecule has 1 heterocycles. The summed E-state index contributed by atoms with van der Waals surface area (Å²) >= 11 is 0. The molecule has 3 heteroatoms. The molecule has 3 nitrogen and oxygen atoms in total. The molecule has 0 amide bonds. The fourth-order valence-corrected chi connectivity index (χ4v) is 3.03. The van der Waals surface area contributed by atoms with E-state index in [1.54, 1.807) is 0 Å². The Bertz CT molecular complexity index is 608. The molecule has 3 rings (SSSR count). The molecule has 0 unspecified atom stereocenters. The summed E-state index contributed by atoms with van der Waals surface area (Å²) in [5.74, 6) is 1.01. The molecule has 1 aliphatic heterocycles. The predicted molar refractivity (Wildman–Crippen MR) is 91.2 cm³/mol. The summed E-state index contributed by atoms with van der Waals surface area (Å²) in [7, 11) is 0. The molecule has 0 saturated heterocycles. The van der Waals surface area contributed by atoms with E-state index in [1.165, 1.54) is 44.1 Å². The lowest BCUT2D eigenvalue weighted by molar-refractivity contribution is 0.182. The molecule has 116 valence electrons. The largest absolute Gasteiger partial charge is 0.490 e. The average Bonchev–Trinajstić information content (AvgIpc) is 2.79. The van der Waals surface area contributed by atoms with Gasteiger partial charge in [-0.05, 0) is 68.5 Å². The zero-order chi connectivity index (χ0) is 15.4. The smallest absolute Gasteiger partial charge is 0.122 e. The summed E-state index contributed by atoms with van der Waals surface area (Å²) in [6.07, 6.45) is 11.9. The lowest BCUT2D eigenvalue weighted by atomic mass is 10.0. The van der Waals surface area contributed by atoms with Crippen molar-refractivity contribution < 1.29 is 4.74 Å². The fraction of sp³-hybridized carbons (Fsp3) is 0.421. The monoisotopic (exact) mass is 296 g/mol. The van der Waals surface area contributed by atoms with E-state index in [1.807, 2.05) is 12.2 Å². The van der Waals surface area contributed by atoms with Crippen molar-refractivity contribution in [3.8, 4) is 5.75 Å². The number of ether oxygens (including phenoxy) is 1. The van der Waals surface area contributed by atoms with Gasteiger partial charge >= 0.3 is 0 Å². The van der Waals surface area contributed by atoms with Gasteiger partial charge in [-0.3, -0.25) is 5.43 Å². The second-order valence-corrected chi connectivity index (χ2v) is 6.18. The van der Waals surface area contributed by atoms with Gasteiger partial charge < -0.3 is 4.74 Å². The van der Waals surface area contributed by atoms with Crippen LogP contribution in [0.15, 0.2) is 47.7 Å². The second-order valence-electron chi connectivity index (χ2n) is 6.18. The van der Waals surface area contributed by atoms with Crippen LogP contribution in [-0.4, -0.2) is 11.8 Å². The zero-order valence-electron chi connectivity index (χ0n) is 13.3. The van der Waals surface area contributed by atoms with Gasteiger partial charge in [0, 0.05) is 11.3 Å². The predicted octanol–water partition coefficient (Wildman–Crippen LogP) is 4.47. The molecular formula is C19H24N2O. The Kier molecular flexibility index (Phi) is 4.62. The van der Waals surface area contributed by atoms with Crippen molar-refractivity contribution in [2.45, 2.75) is 51.6 Å². The fourth-order valence-electron chi connectivity index (χ4n) is 3.03. The highest BCUT2D eigenvalue weighted by Gasteiger charge is 2.15. The quantitative estimate of drug-likeness (QED) is 0.835. The molecule has 0 bridgehead atoms. The van der Waals surface area contributed by atoms with Crippen LogP contribution in [0.4, 0.5) is 0 Å². The molecule has 0 spiro atoms. The van der Waals surface area contributed by atoms with Gasteiger partial charge in [0.2, 0.25) is 0 Å². The first-order chi connectivity index (χ1) is 10.7. The number of hydrogen-bond donors (Lipinski definition) is 1. The Morgan fingerprint density at radius 1 is 1.14 bits per heavy atom. The maximum Gasteiger partial charge on any atom is 0.122 e. The summed E-state index contributed by atoms with van der Waals surface area (Å²) in [5, 5.41) is 4.32. The van der Waals surface area contributed by atoms with E-state index in [4.69, 9.17) is 4.74 Å². The minimum Gasteiger partial charge on any atom is -0.490 e. The lowest BCUT2D eigenvalue weighted by Crippen LogP contribution is -2.16. The number of nitrogens with one attached hydrogen (secondary N) is 1. The SMILES string of the molecule is C=C1C=CC(c2ccc(OC3CCCCCC3)c(C)c2)=NN1. The van der Waals surface area contributed by atoms with Gasteiger partial charge in [-0.25, -0.2) is 0 Å². The third-order valence-electron chi connectivity index (χ3n) is 4.33. The summed E-state index contributed by atoms with van der Waals surface area (Å²) < 4.78 is 6.24. The molecule has 0 atom stereocenters. The van der Waals surface area contributed by atoms with E-state index < -0.39 is 0 Å². The maximum atomic E-state index is 6.24. The number of hydrogen-bond acceptors (Lipinski definition) is 3. The van der Waals surface area contributed by atoms with Gasteiger partial charge in [0.1, 0.15) is 5.75 Å². The molecule has 1 aromatic rings. The molecule has 0 radical (unpaired) electrons. The number of benzene rings is 1. The topological polar surface area (TPSA) is 33.6 Å². The second kappa shape index (κ2) is 6.82. The molecule has 1 saturated carbocycles. The first kappa shape index (κ1) is 14.9. The van der Waals surface area contributed by atoms with E-state index in [0.29, 0.717) is 6.10 Å². The summed E-state index contributed by atoms with van der Waals surface area (Å²) in [6.45, 7) is 5.93. The van der Waals surface area contributed by atoms with Crippen LogP contribution in [0.5, 0.6) is 5.75 Å². The number of aryl methyl sites for hydroxylation is 1. The lowest BCUT2D eigenvalue weighted by Gasteiger charge is -2.19. The normalized spacial score (nSPS) is 19.3. The van der Waals surface area contributed by atoms with Crippen LogP contribution in [0, 0.1) is 6.92 Å². The van der Waals surface area contributed by atoms with Gasteiger partial charge in [0.25, 0.3) is 0 Å². The molecule has 1 aliphatic carbocycles. The van der Waals surface area contributed by atoms with Crippen LogP contribution in [0.2, 0.25) is 0 Å². The van der Waals surface area contributed by atoms with Crippen molar-refractivity contribution in [1.82, 2.24) is 5.43 Å². The minimum atomic E-state index is 0.379. The maximum absolute atomic E-state index is 6.24. The highest BCUT2D eigenvalue weighted by molar-refractivity contribution is 6.09. The first-order valence-corrected chi connectivity index (χ1v) is 8.21. The Balaban J connectivity index is 1.72. The first-order valence-electron chi connectivity index (χ1n) is 8.21. The Morgan fingerprint density at radius 3 is 2.55 bits per heavy atom. The number of allylic oxidation sites excluding steroid dienone is 2. The highest BCUT2D eigenvalue weighted by Crippen LogP contribution is 2.26. The Labute approximate surface area is 132 Å².